The molecule has 3 heteroatoms. The van der Waals surface area contributed by atoms with Crippen molar-refractivity contribution >= 4 is 5.71 Å². The SMILES string of the molecule is C[C@@H]1C[C@H]2CC(=NO)C[C@@H]1[NH+](C)C2. The van der Waals surface area contributed by atoms with Gasteiger partial charge in [0.15, 0.2) is 0 Å². The Morgan fingerprint density at radius 2 is 2.23 bits per heavy atom. The molecule has 3 aliphatic rings. The molecule has 0 spiro atoms. The molecule has 0 aromatic carbocycles. The third-order valence-electron chi connectivity index (χ3n) is 3.76. The number of quaternary nitrogens is 1. The van der Waals surface area contributed by atoms with Gasteiger partial charge in [0.25, 0.3) is 0 Å². The summed E-state index contributed by atoms with van der Waals surface area (Å²) < 4.78 is 0. The summed E-state index contributed by atoms with van der Waals surface area (Å²) in [6, 6.07) is 0.685. The average molecular weight is 183 g/mol. The number of fused-ring (bicyclic) bond motifs is 4. The Morgan fingerprint density at radius 1 is 1.46 bits per heavy atom. The molecule has 0 radical (unpaired) electrons. The Kier molecular flexibility index (Phi) is 2.28. The summed E-state index contributed by atoms with van der Waals surface area (Å²) in [6.45, 7) is 3.59. The van der Waals surface area contributed by atoms with Gasteiger partial charge in [0, 0.05) is 18.3 Å². The van der Waals surface area contributed by atoms with Crippen molar-refractivity contribution in [3.63, 3.8) is 0 Å². The van der Waals surface area contributed by atoms with Crippen LogP contribution in [0.1, 0.15) is 26.2 Å². The van der Waals surface area contributed by atoms with Gasteiger partial charge in [0.2, 0.25) is 0 Å². The zero-order valence-corrected chi connectivity index (χ0v) is 8.45. The second kappa shape index (κ2) is 3.29. The number of oxime groups is 1. The quantitative estimate of drug-likeness (QED) is 0.407. The van der Waals surface area contributed by atoms with E-state index in [0.717, 1.165) is 30.4 Å². The summed E-state index contributed by atoms with van der Waals surface area (Å²) in [4.78, 5) is 1.63. The second-order valence-corrected chi connectivity index (χ2v) is 4.81. The Bertz CT molecular complexity index is 215. The van der Waals surface area contributed by atoms with Crippen molar-refractivity contribution in [2.24, 2.45) is 17.0 Å². The van der Waals surface area contributed by atoms with E-state index in [1.165, 1.54) is 13.0 Å². The summed E-state index contributed by atoms with van der Waals surface area (Å²) in [5, 5.41) is 12.3. The fraction of sp³-hybridized carbons (Fsp3) is 0.900. The second-order valence-electron chi connectivity index (χ2n) is 4.81. The van der Waals surface area contributed by atoms with Crippen LogP contribution in [-0.2, 0) is 0 Å². The molecule has 0 aromatic rings. The molecule has 2 aliphatic heterocycles. The first-order valence-electron chi connectivity index (χ1n) is 5.22. The van der Waals surface area contributed by atoms with E-state index in [1.54, 1.807) is 4.90 Å². The maximum atomic E-state index is 8.83. The van der Waals surface area contributed by atoms with Crippen LogP contribution < -0.4 is 4.90 Å². The van der Waals surface area contributed by atoms with Crippen molar-refractivity contribution in [3.05, 3.63) is 0 Å². The molecule has 4 atom stereocenters. The lowest BCUT2D eigenvalue weighted by Crippen LogP contribution is -3.15. The van der Waals surface area contributed by atoms with Crippen LogP contribution in [-0.4, -0.2) is 30.6 Å². The number of hydrogen-bond donors (Lipinski definition) is 2. The monoisotopic (exact) mass is 183 g/mol. The zero-order valence-electron chi connectivity index (χ0n) is 8.45. The van der Waals surface area contributed by atoms with Crippen LogP contribution in [0.15, 0.2) is 5.16 Å². The van der Waals surface area contributed by atoms with Crippen molar-refractivity contribution < 1.29 is 10.1 Å². The van der Waals surface area contributed by atoms with E-state index < -0.39 is 0 Å². The molecule has 3 rings (SSSR count). The van der Waals surface area contributed by atoms with E-state index >= 15 is 0 Å². The molecule has 13 heavy (non-hydrogen) atoms. The summed E-state index contributed by atoms with van der Waals surface area (Å²) in [7, 11) is 2.27. The molecule has 0 aromatic heterocycles. The minimum absolute atomic E-state index is 0.685. The highest BCUT2D eigenvalue weighted by Gasteiger charge is 2.40. The smallest absolute Gasteiger partial charge is 0.0952 e. The van der Waals surface area contributed by atoms with Gasteiger partial charge in [-0.05, 0) is 12.8 Å². The van der Waals surface area contributed by atoms with Crippen LogP contribution in [0, 0.1) is 11.8 Å². The minimum atomic E-state index is 0.685. The molecule has 2 heterocycles. The fourth-order valence-corrected chi connectivity index (χ4v) is 3.15. The molecule has 0 amide bonds. The van der Waals surface area contributed by atoms with Gasteiger partial charge in [-0.3, -0.25) is 0 Å². The predicted octanol–water partition coefficient (Wildman–Crippen LogP) is 0.150. The third kappa shape index (κ3) is 1.57. The number of nitrogens with zero attached hydrogens (tertiary/aromatic N) is 1. The average Bonchev–Trinajstić information content (AvgIpc) is 2.32. The van der Waals surface area contributed by atoms with Crippen LogP contribution in [0.3, 0.4) is 0 Å². The standard InChI is InChI=1S/C10H18N2O/c1-7-3-8-4-9(11-13)5-10(7)12(2)6-8/h7-8,10,13H,3-6H2,1-2H3/p+1/t7-,8+,10+/m1/s1. The molecule has 2 bridgehead atoms. The van der Waals surface area contributed by atoms with Crippen molar-refractivity contribution in [2.75, 3.05) is 13.6 Å². The van der Waals surface area contributed by atoms with E-state index in [4.69, 9.17) is 5.21 Å². The largest absolute Gasteiger partial charge is 0.411 e. The van der Waals surface area contributed by atoms with Crippen LogP contribution >= 0.6 is 0 Å². The summed E-state index contributed by atoms with van der Waals surface area (Å²) in [5.74, 6) is 1.54. The van der Waals surface area contributed by atoms with Crippen molar-refractivity contribution in [1.29, 1.82) is 0 Å². The van der Waals surface area contributed by atoms with Gasteiger partial charge in [0.1, 0.15) is 0 Å². The molecule has 1 saturated carbocycles. The van der Waals surface area contributed by atoms with Crippen molar-refractivity contribution in [3.8, 4) is 0 Å². The predicted molar refractivity (Wildman–Crippen MR) is 51.3 cm³/mol. The highest BCUT2D eigenvalue weighted by Crippen LogP contribution is 2.27. The summed E-state index contributed by atoms with van der Waals surface area (Å²) in [6.07, 6.45) is 3.34. The highest BCUT2D eigenvalue weighted by molar-refractivity contribution is 5.85. The topological polar surface area (TPSA) is 37.0 Å². The first kappa shape index (κ1) is 9.00. The van der Waals surface area contributed by atoms with Crippen LogP contribution in [0.5, 0.6) is 0 Å². The van der Waals surface area contributed by atoms with Gasteiger partial charge < -0.3 is 10.1 Å². The van der Waals surface area contributed by atoms with E-state index in [9.17, 15) is 0 Å². The molecule has 3 fully saturated rings. The number of nitrogens with one attached hydrogen (secondary N) is 1. The van der Waals surface area contributed by atoms with E-state index in [2.05, 4.69) is 19.1 Å². The lowest BCUT2D eigenvalue weighted by molar-refractivity contribution is -0.917. The van der Waals surface area contributed by atoms with Gasteiger partial charge in [-0.2, -0.15) is 0 Å². The maximum Gasteiger partial charge on any atom is 0.0952 e. The molecule has 74 valence electrons. The molecular weight excluding hydrogens is 164 g/mol. The molecule has 3 nitrogen and oxygen atoms in total. The normalized spacial score (nSPS) is 48.0. The Labute approximate surface area is 79.4 Å². The third-order valence-corrected chi connectivity index (χ3v) is 3.76. The highest BCUT2D eigenvalue weighted by atomic mass is 16.4. The molecule has 1 aliphatic carbocycles. The first-order chi connectivity index (χ1) is 6.20. The Morgan fingerprint density at radius 3 is 2.85 bits per heavy atom. The maximum absolute atomic E-state index is 8.83. The lowest BCUT2D eigenvalue weighted by atomic mass is 9.86. The van der Waals surface area contributed by atoms with Gasteiger partial charge in [-0.25, -0.2) is 0 Å². The Balaban J connectivity index is 2.21. The van der Waals surface area contributed by atoms with Gasteiger partial charge in [0.05, 0.1) is 25.3 Å². The fourth-order valence-electron chi connectivity index (χ4n) is 3.15. The van der Waals surface area contributed by atoms with Gasteiger partial charge in [-0.15, -0.1) is 0 Å². The molecular formula is C10H19N2O+. The molecule has 2 N–H and O–H groups in total. The number of rotatable bonds is 0. The van der Waals surface area contributed by atoms with E-state index in [0.29, 0.717) is 6.04 Å². The van der Waals surface area contributed by atoms with Gasteiger partial charge in [-0.1, -0.05) is 12.1 Å². The minimum Gasteiger partial charge on any atom is -0.411 e. The van der Waals surface area contributed by atoms with Gasteiger partial charge >= 0.3 is 0 Å². The van der Waals surface area contributed by atoms with E-state index in [1.807, 2.05) is 0 Å². The molecule has 1 unspecified atom stereocenters. The Hall–Kier alpha value is -0.570. The summed E-state index contributed by atoms with van der Waals surface area (Å²) in [5.41, 5.74) is 1.02. The number of piperidine rings is 1. The van der Waals surface area contributed by atoms with Crippen LogP contribution in [0.25, 0.3) is 0 Å². The van der Waals surface area contributed by atoms with E-state index in [-0.39, 0.29) is 0 Å². The van der Waals surface area contributed by atoms with Crippen molar-refractivity contribution in [2.45, 2.75) is 32.2 Å². The zero-order chi connectivity index (χ0) is 9.42. The van der Waals surface area contributed by atoms with Crippen molar-refractivity contribution in [1.82, 2.24) is 0 Å². The number of hydrogen-bond acceptors (Lipinski definition) is 2. The first-order valence-corrected chi connectivity index (χ1v) is 5.22. The van der Waals surface area contributed by atoms with Crippen LogP contribution in [0.4, 0.5) is 0 Å². The summed E-state index contributed by atoms with van der Waals surface area (Å²) >= 11 is 0. The van der Waals surface area contributed by atoms with Crippen LogP contribution in [0.2, 0.25) is 0 Å². The molecule has 2 saturated heterocycles. The lowest BCUT2D eigenvalue weighted by Gasteiger charge is -2.34.